The van der Waals surface area contributed by atoms with E-state index in [4.69, 9.17) is 19.7 Å². The predicted molar refractivity (Wildman–Crippen MR) is 51.0 cm³/mol. The van der Waals surface area contributed by atoms with Gasteiger partial charge in [0.05, 0.1) is 39.3 Å². The molecule has 90 valence electrons. The van der Waals surface area contributed by atoms with E-state index in [-0.39, 0.29) is 39.3 Å². The van der Waals surface area contributed by atoms with Gasteiger partial charge in [-0.1, -0.05) is 0 Å². The normalized spacial score (nSPS) is 37.2. The average molecular weight is 230 g/mol. The molecule has 2 heterocycles. The lowest BCUT2D eigenvalue weighted by molar-refractivity contribution is -0.145. The van der Waals surface area contributed by atoms with Crippen LogP contribution in [0.25, 0.3) is 0 Å². The maximum atomic E-state index is 10.9. The lowest BCUT2D eigenvalue weighted by Gasteiger charge is -2.34. The second-order valence-electron chi connectivity index (χ2n) is 4.69. The third-order valence-electron chi connectivity index (χ3n) is 3.62. The van der Waals surface area contributed by atoms with Crippen LogP contribution in [0.15, 0.2) is 0 Å². The Labute approximate surface area is 92.2 Å². The quantitative estimate of drug-likeness (QED) is 0.704. The second-order valence-corrected chi connectivity index (χ2v) is 4.69. The van der Waals surface area contributed by atoms with Crippen molar-refractivity contribution in [2.75, 3.05) is 26.4 Å². The Bertz CT molecular complexity index is 283. The van der Waals surface area contributed by atoms with Gasteiger partial charge in [0.2, 0.25) is 0 Å². The fourth-order valence-corrected chi connectivity index (χ4v) is 2.74. The van der Waals surface area contributed by atoms with Crippen molar-refractivity contribution in [2.45, 2.75) is 12.8 Å². The van der Waals surface area contributed by atoms with E-state index in [0.717, 1.165) is 0 Å². The van der Waals surface area contributed by atoms with Crippen LogP contribution in [-0.4, -0.2) is 48.6 Å². The molecule has 2 N–H and O–H groups in total. The first kappa shape index (κ1) is 11.3. The van der Waals surface area contributed by atoms with Gasteiger partial charge in [0.15, 0.2) is 0 Å². The maximum absolute atomic E-state index is 10.9. The molecule has 0 spiro atoms. The van der Waals surface area contributed by atoms with Crippen LogP contribution < -0.4 is 0 Å². The summed E-state index contributed by atoms with van der Waals surface area (Å²) in [6.45, 7) is 1.08. The average Bonchev–Trinajstić information content (AvgIpc) is 2.55. The molecule has 0 unspecified atom stereocenters. The lowest BCUT2D eigenvalue weighted by Crippen LogP contribution is -2.43. The predicted octanol–water partition coefficient (Wildman–Crippen LogP) is -0.0310. The number of fused-ring (bicyclic) bond motifs is 1. The highest BCUT2D eigenvalue weighted by Crippen LogP contribution is 2.54. The second kappa shape index (κ2) is 3.71. The number of carboxylic acids is 2. The van der Waals surface area contributed by atoms with Crippen LogP contribution in [0, 0.1) is 10.8 Å². The van der Waals surface area contributed by atoms with Gasteiger partial charge >= 0.3 is 11.9 Å². The molecule has 0 aromatic carbocycles. The van der Waals surface area contributed by atoms with E-state index in [0.29, 0.717) is 0 Å². The van der Waals surface area contributed by atoms with Crippen molar-refractivity contribution in [1.29, 1.82) is 0 Å². The molecule has 0 amide bonds. The van der Waals surface area contributed by atoms with E-state index in [1.165, 1.54) is 0 Å². The summed E-state index contributed by atoms with van der Waals surface area (Å²) >= 11 is 0. The largest absolute Gasteiger partial charge is 0.481 e. The standard InChI is InChI=1S/C10H14O6/c11-7(12)1-9-3-15-5-10(9,2-8(13)14)6-16-4-9/h1-6H2,(H,11,12)(H,13,14). The molecule has 6 nitrogen and oxygen atoms in total. The van der Waals surface area contributed by atoms with Crippen molar-refractivity contribution in [3.05, 3.63) is 0 Å². The minimum atomic E-state index is -0.939. The van der Waals surface area contributed by atoms with Gasteiger partial charge < -0.3 is 19.7 Å². The summed E-state index contributed by atoms with van der Waals surface area (Å²) < 4.78 is 10.6. The summed E-state index contributed by atoms with van der Waals surface area (Å²) in [6, 6.07) is 0. The summed E-state index contributed by atoms with van der Waals surface area (Å²) in [6.07, 6.45) is -0.194. The molecule has 0 aliphatic carbocycles. The Morgan fingerprint density at radius 2 is 1.19 bits per heavy atom. The monoisotopic (exact) mass is 230 g/mol. The SMILES string of the molecule is O=C(O)CC12COCC1(CC(=O)O)COC2. The lowest BCUT2D eigenvalue weighted by atomic mass is 9.64. The zero-order chi connectivity index (χ0) is 11.8. The van der Waals surface area contributed by atoms with Gasteiger partial charge in [-0.05, 0) is 0 Å². The zero-order valence-corrected chi connectivity index (χ0v) is 8.77. The van der Waals surface area contributed by atoms with Crippen LogP contribution in [-0.2, 0) is 19.1 Å². The van der Waals surface area contributed by atoms with Crippen LogP contribution in [0.3, 0.4) is 0 Å². The molecule has 0 radical (unpaired) electrons. The fourth-order valence-electron chi connectivity index (χ4n) is 2.74. The molecule has 0 aromatic heterocycles. The number of ether oxygens (including phenoxy) is 2. The maximum Gasteiger partial charge on any atom is 0.304 e. The van der Waals surface area contributed by atoms with Crippen LogP contribution in [0.5, 0.6) is 0 Å². The topological polar surface area (TPSA) is 93.1 Å². The first-order valence-corrected chi connectivity index (χ1v) is 5.09. The van der Waals surface area contributed by atoms with Crippen molar-refractivity contribution < 1.29 is 29.3 Å². The third kappa shape index (κ3) is 1.58. The van der Waals surface area contributed by atoms with Crippen molar-refractivity contribution in [3.8, 4) is 0 Å². The van der Waals surface area contributed by atoms with Gasteiger partial charge in [0.1, 0.15) is 0 Å². The van der Waals surface area contributed by atoms with Crippen LogP contribution in [0.4, 0.5) is 0 Å². The minimum absolute atomic E-state index is 0.0969. The Morgan fingerprint density at radius 1 is 0.875 bits per heavy atom. The molecule has 16 heavy (non-hydrogen) atoms. The summed E-state index contributed by atoms with van der Waals surface area (Å²) in [7, 11) is 0. The number of rotatable bonds is 4. The third-order valence-corrected chi connectivity index (χ3v) is 3.62. The molecule has 0 bridgehead atoms. The molecule has 2 saturated heterocycles. The van der Waals surface area contributed by atoms with Gasteiger partial charge in [-0.25, -0.2) is 0 Å². The van der Waals surface area contributed by atoms with E-state index in [2.05, 4.69) is 0 Å². The molecule has 0 aromatic rings. The number of carboxylic acid groups (broad SMARTS) is 2. The van der Waals surface area contributed by atoms with Crippen LogP contribution >= 0.6 is 0 Å². The number of hydrogen-bond acceptors (Lipinski definition) is 4. The first-order valence-electron chi connectivity index (χ1n) is 5.09. The molecule has 2 fully saturated rings. The minimum Gasteiger partial charge on any atom is -0.481 e. The van der Waals surface area contributed by atoms with E-state index >= 15 is 0 Å². The van der Waals surface area contributed by atoms with Crippen molar-refractivity contribution in [1.82, 2.24) is 0 Å². The van der Waals surface area contributed by atoms with E-state index < -0.39 is 22.8 Å². The Morgan fingerprint density at radius 3 is 1.44 bits per heavy atom. The molecular weight excluding hydrogens is 216 g/mol. The first-order chi connectivity index (χ1) is 7.50. The van der Waals surface area contributed by atoms with Gasteiger partial charge in [0, 0.05) is 10.8 Å². The Balaban J connectivity index is 2.26. The number of hydrogen-bond donors (Lipinski definition) is 2. The zero-order valence-electron chi connectivity index (χ0n) is 8.77. The summed E-state index contributed by atoms with van der Waals surface area (Å²) in [5.41, 5.74) is -1.34. The number of aliphatic carboxylic acids is 2. The Hall–Kier alpha value is -1.14. The van der Waals surface area contributed by atoms with Gasteiger partial charge in [-0.2, -0.15) is 0 Å². The molecule has 2 aliphatic heterocycles. The molecule has 2 rings (SSSR count). The van der Waals surface area contributed by atoms with Gasteiger partial charge in [-0.15, -0.1) is 0 Å². The fraction of sp³-hybridized carbons (Fsp3) is 0.800. The van der Waals surface area contributed by atoms with Gasteiger partial charge in [-0.3, -0.25) is 9.59 Å². The molecule has 2 aliphatic rings. The summed E-state index contributed by atoms with van der Waals surface area (Å²) in [5, 5.41) is 17.8. The molecule has 6 heteroatoms. The van der Waals surface area contributed by atoms with E-state index in [1.807, 2.05) is 0 Å². The Kier molecular flexibility index (Phi) is 2.63. The van der Waals surface area contributed by atoms with Crippen molar-refractivity contribution >= 4 is 11.9 Å². The number of carbonyl (C=O) groups is 2. The summed E-state index contributed by atoms with van der Waals surface area (Å²) in [5.74, 6) is -1.88. The molecule has 0 atom stereocenters. The van der Waals surface area contributed by atoms with E-state index in [1.54, 1.807) is 0 Å². The highest BCUT2D eigenvalue weighted by molar-refractivity contribution is 5.70. The van der Waals surface area contributed by atoms with Crippen LogP contribution in [0.2, 0.25) is 0 Å². The highest BCUT2D eigenvalue weighted by atomic mass is 16.5. The van der Waals surface area contributed by atoms with Crippen molar-refractivity contribution in [3.63, 3.8) is 0 Å². The van der Waals surface area contributed by atoms with Gasteiger partial charge in [0.25, 0.3) is 0 Å². The van der Waals surface area contributed by atoms with Crippen molar-refractivity contribution in [2.24, 2.45) is 10.8 Å². The van der Waals surface area contributed by atoms with Crippen LogP contribution in [0.1, 0.15) is 12.8 Å². The molecular formula is C10H14O6. The highest BCUT2D eigenvalue weighted by Gasteiger charge is 2.61. The summed E-state index contributed by atoms with van der Waals surface area (Å²) in [4.78, 5) is 21.7. The molecule has 0 saturated carbocycles. The van der Waals surface area contributed by atoms with E-state index in [9.17, 15) is 9.59 Å². The smallest absolute Gasteiger partial charge is 0.304 e.